The van der Waals surface area contributed by atoms with E-state index in [0.717, 1.165) is 49.9 Å². The smallest absolute Gasteiger partial charge is 0.147 e. The Labute approximate surface area is 213 Å². The van der Waals surface area contributed by atoms with Crippen LogP contribution in [0.15, 0.2) is 85.2 Å². The number of H-pyrrole nitrogens is 2. The molecule has 0 amide bonds. The maximum absolute atomic E-state index is 14.5. The van der Waals surface area contributed by atoms with E-state index in [4.69, 9.17) is 0 Å². The topological polar surface area (TPSA) is 91.5 Å². The molecular formula is C29H23FN4O2S. The molecule has 6 aromatic rings. The van der Waals surface area contributed by atoms with Crippen molar-refractivity contribution >= 4 is 31.6 Å². The van der Waals surface area contributed by atoms with Gasteiger partial charge >= 0.3 is 0 Å². The zero-order chi connectivity index (χ0) is 25.6. The number of rotatable bonds is 6. The summed E-state index contributed by atoms with van der Waals surface area (Å²) in [5.74, 6) is -0.420. The number of halogens is 1. The monoisotopic (exact) mass is 510 g/mol. The second-order valence-electron chi connectivity index (χ2n) is 9.25. The number of pyridine rings is 1. The molecule has 0 aliphatic rings. The number of benzene rings is 3. The number of hydrogen-bond acceptors (Lipinski definition) is 4. The quantitative estimate of drug-likeness (QED) is 0.280. The van der Waals surface area contributed by atoms with Gasteiger partial charge in [-0.05, 0) is 71.1 Å². The fraction of sp³-hybridized carbons (Fsp3) is 0.103. The second-order valence-corrected chi connectivity index (χ2v) is 11.5. The summed E-state index contributed by atoms with van der Waals surface area (Å²) in [6.07, 6.45) is 5.03. The van der Waals surface area contributed by atoms with E-state index >= 15 is 0 Å². The second kappa shape index (κ2) is 8.97. The Kier molecular flexibility index (Phi) is 5.61. The Balaban J connectivity index is 1.44. The third-order valence-electron chi connectivity index (χ3n) is 6.51. The zero-order valence-corrected chi connectivity index (χ0v) is 20.8. The minimum absolute atomic E-state index is 0.0261. The van der Waals surface area contributed by atoms with Gasteiger partial charge in [0.25, 0.3) is 0 Å². The van der Waals surface area contributed by atoms with Crippen LogP contribution < -0.4 is 0 Å². The van der Waals surface area contributed by atoms with Crippen LogP contribution in [-0.4, -0.2) is 40.6 Å². The fourth-order valence-electron chi connectivity index (χ4n) is 4.72. The summed E-state index contributed by atoms with van der Waals surface area (Å²) in [6, 6.07) is 22.7. The van der Waals surface area contributed by atoms with Crippen LogP contribution in [0.2, 0.25) is 0 Å². The summed E-state index contributed by atoms with van der Waals surface area (Å²) in [5.41, 5.74) is 7.71. The number of nitrogens with one attached hydrogen (secondary N) is 2. The van der Waals surface area contributed by atoms with Crippen LogP contribution in [0.4, 0.5) is 4.39 Å². The number of aromatic nitrogens is 4. The van der Waals surface area contributed by atoms with Crippen LogP contribution in [0.25, 0.3) is 55.4 Å². The van der Waals surface area contributed by atoms with Crippen molar-refractivity contribution in [2.24, 2.45) is 0 Å². The van der Waals surface area contributed by atoms with E-state index in [1.807, 2.05) is 60.8 Å². The molecule has 184 valence electrons. The van der Waals surface area contributed by atoms with Gasteiger partial charge in [0, 0.05) is 40.5 Å². The molecule has 0 bridgehead atoms. The van der Waals surface area contributed by atoms with Gasteiger partial charge in [-0.25, -0.2) is 12.8 Å². The molecule has 0 radical (unpaired) electrons. The van der Waals surface area contributed by atoms with Crippen molar-refractivity contribution in [3.05, 3.63) is 96.6 Å². The molecule has 37 heavy (non-hydrogen) atoms. The average molecular weight is 511 g/mol. The highest BCUT2D eigenvalue weighted by Gasteiger charge is 2.15. The first-order valence-electron chi connectivity index (χ1n) is 11.8. The van der Waals surface area contributed by atoms with Gasteiger partial charge in [-0.3, -0.25) is 10.1 Å². The van der Waals surface area contributed by atoms with E-state index in [-0.39, 0.29) is 12.2 Å². The zero-order valence-electron chi connectivity index (χ0n) is 20.0. The van der Waals surface area contributed by atoms with Crippen LogP contribution in [0.3, 0.4) is 0 Å². The summed E-state index contributed by atoms with van der Waals surface area (Å²) >= 11 is 0. The maximum atomic E-state index is 14.5. The summed E-state index contributed by atoms with van der Waals surface area (Å²) in [4.78, 5) is 7.69. The van der Waals surface area contributed by atoms with Gasteiger partial charge in [-0.1, -0.05) is 30.3 Å². The van der Waals surface area contributed by atoms with Crippen LogP contribution in [0, 0.1) is 5.82 Å². The summed E-state index contributed by atoms with van der Waals surface area (Å²) in [5, 5.41) is 9.60. The van der Waals surface area contributed by atoms with Crippen molar-refractivity contribution < 1.29 is 12.8 Å². The first-order chi connectivity index (χ1) is 17.8. The molecule has 3 aromatic carbocycles. The number of nitrogens with zero attached hydrogens (tertiary/aromatic N) is 2. The van der Waals surface area contributed by atoms with E-state index in [1.54, 1.807) is 6.20 Å². The van der Waals surface area contributed by atoms with E-state index in [0.29, 0.717) is 11.1 Å². The van der Waals surface area contributed by atoms with E-state index < -0.39 is 15.7 Å². The van der Waals surface area contributed by atoms with Crippen LogP contribution >= 0.6 is 0 Å². The highest BCUT2D eigenvalue weighted by atomic mass is 32.2. The minimum atomic E-state index is -3.15. The van der Waals surface area contributed by atoms with Crippen molar-refractivity contribution in [3.8, 4) is 33.6 Å². The number of hydrogen-bond donors (Lipinski definition) is 2. The van der Waals surface area contributed by atoms with Crippen molar-refractivity contribution in [1.82, 2.24) is 20.2 Å². The van der Waals surface area contributed by atoms with Crippen molar-refractivity contribution in [3.63, 3.8) is 0 Å². The molecular weight excluding hydrogens is 487 g/mol. The van der Waals surface area contributed by atoms with E-state index in [9.17, 15) is 12.8 Å². The minimum Gasteiger partial charge on any atom is -0.353 e. The first-order valence-corrected chi connectivity index (χ1v) is 13.9. The summed E-state index contributed by atoms with van der Waals surface area (Å²) in [7, 11) is -3.15. The molecule has 0 unspecified atom stereocenters. The molecule has 6 nitrogen and oxygen atoms in total. The predicted octanol–water partition coefficient (Wildman–Crippen LogP) is 6.17. The van der Waals surface area contributed by atoms with Gasteiger partial charge in [-0.15, -0.1) is 0 Å². The van der Waals surface area contributed by atoms with Gasteiger partial charge in [-0.2, -0.15) is 5.10 Å². The number of aryl methyl sites for hydroxylation is 1. The first kappa shape index (κ1) is 23.1. The number of fused-ring (bicyclic) bond motifs is 2. The molecule has 2 N–H and O–H groups in total. The van der Waals surface area contributed by atoms with Crippen molar-refractivity contribution in [2.75, 3.05) is 12.0 Å². The number of sulfone groups is 1. The average Bonchev–Trinajstić information content (AvgIpc) is 3.51. The van der Waals surface area contributed by atoms with E-state index in [1.165, 1.54) is 18.4 Å². The Morgan fingerprint density at radius 1 is 0.865 bits per heavy atom. The third kappa shape index (κ3) is 4.63. The lowest BCUT2D eigenvalue weighted by Gasteiger charge is -2.08. The van der Waals surface area contributed by atoms with Gasteiger partial charge in [0.2, 0.25) is 0 Å². The van der Waals surface area contributed by atoms with Gasteiger partial charge in [0.1, 0.15) is 21.3 Å². The molecule has 0 saturated heterocycles. The SMILES string of the molecule is CS(=O)(=O)CCc1cc(F)cc(-c2cccc3[nH]c(-c4n[nH]c5ccc(-c6cccnc6)cc45)cc23)c1. The molecule has 0 spiro atoms. The predicted molar refractivity (Wildman–Crippen MR) is 145 cm³/mol. The molecule has 0 fully saturated rings. The lowest BCUT2D eigenvalue weighted by atomic mass is 9.98. The molecule has 0 aliphatic carbocycles. The fourth-order valence-corrected chi connectivity index (χ4v) is 5.33. The lowest BCUT2D eigenvalue weighted by Crippen LogP contribution is -2.06. The molecule has 3 heterocycles. The Morgan fingerprint density at radius 3 is 2.57 bits per heavy atom. The lowest BCUT2D eigenvalue weighted by molar-refractivity contribution is 0.600. The molecule has 0 aliphatic heterocycles. The highest BCUT2D eigenvalue weighted by Crippen LogP contribution is 2.35. The summed E-state index contributed by atoms with van der Waals surface area (Å²) in [6.45, 7) is 0. The Morgan fingerprint density at radius 2 is 1.76 bits per heavy atom. The van der Waals surface area contributed by atoms with E-state index in [2.05, 4.69) is 26.2 Å². The van der Waals surface area contributed by atoms with Crippen molar-refractivity contribution in [2.45, 2.75) is 6.42 Å². The van der Waals surface area contributed by atoms with Crippen LogP contribution in [0.1, 0.15) is 5.56 Å². The Bertz CT molecular complexity index is 1880. The highest BCUT2D eigenvalue weighted by molar-refractivity contribution is 7.90. The van der Waals surface area contributed by atoms with Crippen molar-refractivity contribution in [1.29, 1.82) is 0 Å². The van der Waals surface area contributed by atoms with Crippen LogP contribution in [-0.2, 0) is 16.3 Å². The normalized spacial score (nSPS) is 11.9. The maximum Gasteiger partial charge on any atom is 0.147 e. The number of aromatic amines is 2. The molecule has 8 heteroatoms. The van der Waals surface area contributed by atoms with Gasteiger partial charge < -0.3 is 4.98 Å². The van der Waals surface area contributed by atoms with Gasteiger partial charge in [0.05, 0.1) is 17.0 Å². The largest absolute Gasteiger partial charge is 0.353 e. The standard InChI is InChI=1S/C29H23FN4O2S/c1-37(35,36)11-9-18-12-21(14-22(30)13-18)23-5-2-6-26-24(23)16-28(32-26)29-25-15-19(7-8-27(25)33-34-29)20-4-3-10-31-17-20/h2-8,10,12-17,32H,9,11H2,1H3,(H,33,34). The molecule has 0 saturated carbocycles. The molecule has 0 atom stereocenters. The van der Waals surface area contributed by atoms with Gasteiger partial charge in [0.15, 0.2) is 0 Å². The molecule has 6 rings (SSSR count). The third-order valence-corrected chi connectivity index (χ3v) is 7.45. The molecule has 3 aromatic heterocycles. The summed E-state index contributed by atoms with van der Waals surface area (Å²) < 4.78 is 37.8. The Hall–Kier alpha value is -4.30. The van der Waals surface area contributed by atoms with Crippen LogP contribution in [0.5, 0.6) is 0 Å².